The molecule has 2 aliphatic rings. The third-order valence-corrected chi connectivity index (χ3v) is 5.30. The summed E-state index contributed by atoms with van der Waals surface area (Å²) in [7, 11) is 0. The van der Waals surface area contributed by atoms with E-state index in [-0.39, 0.29) is 42.7 Å². The molecule has 2 N–H and O–H groups in total. The van der Waals surface area contributed by atoms with Crippen molar-refractivity contribution < 1.29 is 4.79 Å². The molecule has 27 heavy (non-hydrogen) atoms. The monoisotopic (exact) mass is 408 g/mol. The second-order valence-electron chi connectivity index (χ2n) is 6.96. The number of hydrogen-bond donors (Lipinski definition) is 1. The molecule has 2 aromatic rings. The van der Waals surface area contributed by atoms with Crippen molar-refractivity contribution in [3.63, 3.8) is 0 Å². The van der Waals surface area contributed by atoms with Crippen molar-refractivity contribution in [2.24, 2.45) is 5.73 Å². The van der Waals surface area contributed by atoms with Crippen LogP contribution in [0.2, 0.25) is 0 Å². The first-order valence-corrected chi connectivity index (χ1v) is 9.04. The van der Waals surface area contributed by atoms with Crippen molar-refractivity contribution in [1.82, 2.24) is 9.88 Å². The summed E-state index contributed by atoms with van der Waals surface area (Å²) in [5.74, 6) is 1.06. The van der Waals surface area contributed by atoms with Gasteiger partial charge in [0.25, 0.3) is 5.91 Å². The van der Waals surface area contributed by atoms with Gasteiger partial charge in [-0.2, -0.15) is 0 Å². The van der Waals surface area contributed by atoms with Crippen molar-refractivity contribution in [2.45, 2.75) is 24.8 Å². The van der Waals surface area contributed by atoms with Gasteiger partial charge in [0.05, 0.1) is 5.56 Å². The van der Waals surface area contributed by atoms with Crippen LogP contribution in [0.3, 0.4) is 0 Å². The number of carbonyl (C=O) groups is 1. The van der Waals surface area contributed by atoms with Crippen molar-refractivity contribution in [1.29, 1.82) is 0 Å². The highest BCUT2D eigenvalue weighted by Gasteiger charge is 2.35. The van der Waals surface area contributed by atoms with Crippen LogP contribution >= 0.6 is 24.8 Å². The zero-order valence-corrected chi connectivity index (χ0v) is 16.8. The van der Waals surface area contributed by atoms with Crippen LogP contribution in [-0.4, -0.2) is 48.0 Å². The molecule has 0 bridgehead atoms. The number of carbonyl (C=O) groups excluding carboxylic acids is 1. The molecule has 0 radical (unpaired) electrons. The van der Waals surface area contributed by atoms with Crippen molar-refractivity contribution in [2.75, 3.05) is 31.1 Å². The lowest BCUT2D eigenvalue weighted by Crippen LogP contribution is -2.33. The fourth-order valence-electron chi connectivity index (χ4n) is 3.96. The van der Waals surface area contributed by atoms with Crippen LogP contribution in [0.4, 0.5) is 5.82 Å². The van der Waals surface area contributed by atoms with Gasteiger partial charge >= 0.3 is 0 Å². The molecular weight excluding hydrogens is 383 g/mol. The summed E-state index contributed by atoms with van der Waals surface area (Å²) in [5, 5.41) is 0. The van der Waals surface area contributed by atoms with Crippen molar-refractivity contribution in [3.8, 4) is 0 Å². The molecular formula is C20H26Cl2N4O. The van der Waals surface area contributed by atoms with Gasteiger partial charge in [-0.3, -0.25) is 4.79 Å². The van der Waals surface area contributed by atoms with Crippen molar-refractivity contribution >= 4 is 36.5 Å². The Morgan fingerprint density at radius 1 is 1.00 bits per heavy atom. The number of rotatable bonds is 3. The third kappa shape index (κ3) is 4.37. The Hall–Kier alpha value is -1.82. The van der Waals surface area contributed by atoms with Gasteiger partial charge < -0.3 is 15.5 Å². The Labute approximate surface area is 172 Å². The molecule has 0 saturated carbocycles. The summed E-state index contributed by atoms with van der Waals surface area (Å²) >= 11 is 0. The van der Waals surface area contributed by atoms with Crippen LogP contribution in [0.1, 0.15) is 34.7 Å². The largest absolute Gasteiger partial charge is 0.356 e. The zero-order valence-electron chi connectivity index (χ0n) is 15.2. The lowest BCUT2D eigenvalue weighted by atomic mass is 9.95. The predicted octanol–water partition coefficient (Wildman–Crippen LogP) is 3.09. The van der Waals surface area contributed by atoms with E-state index < -0.39 is 0 Å². The highest BCUT2D eigenvalue weighted by molar-refractivity contribution is 5.99. The van der Waals surface area contributed by atoms with Gasteiger partial charge in [-0.1, -0.05) is 30.3 Å². The molecule has 5 nitrogen and oxygen atoms in total. The summed E-state index contributed by atoms with van der Waals surface area (Å²) in [6, 6.07) is 14.0. The maximum absolute atomic E-state index is 13.2. The standard InChI is InChI=1S/C20H24N4O.2ClH/c21-18-14-24(13-17(18)15-7-2-1-3-8-15)20(25)16-9-6-10-22-19(16)23-11-4-5-12-23;;/h1-3,6-10,17-18H,4-5,11-14,21H2;2*1H/t17-,18+;;/m0../s1. The molecule has 7 heteroatoms. The third-order valence-electron chi connectivity index (χ3n) is 5.30. The fourth-order valence-corrected chi connectivity index (χ4v) is 3.96. The van der Waals surface area contributed by atoms with Gasteiger partial charge in [-0.25, -0.2) is 4.98 Å². The number of likely N-dealkylation sites (tertiary alicyclic amines) is 1. The average Bonchev–Trinajstić information content (AvgIpc) is 3.32. The number of pyridine rings is 1. The molecule has 0 unspecified atom stereocenters. The number of amides is 1. The van der Waals surface area contributed by atoms with E-state index in [4.69, 9.17) is 5.73 Å². The molecule has 0 aliphatic carbocycles. The van der Waals surface area contributed by atoms with Crippen LogP contribution in [0.5, 0.6) is 0 Å². The highest BCUT2D eigenvalue weighted by Crippen LogP contribution is 2.29. The van der Waals surface area contributed by atoms with E-state index in [2.05, 4.69) is 22.0 Å². The smallest absolute Gasteiger partial charge is 0.257 e. The zero-order chi connectivity index (χ0) is 17.2. The molecule has 1 aromatic heterocycles. The lowest BCUT2D eigenvalue weighted by Gasteiger charge is -2.22. The molecule has 1 aromatic carbocycles. The first-order chi connectivity index (χ1) is 12.2. The maximum Gasteiger partial charge on any atom is 0.257 e. The number of benzene rings is 1. The van der Waals surface area contributed by atoms with Gasteiger partial charge in [0.15, 0.2) is 0 Å². The van der Waals surface area contributed by atoms with Crippen LogP contribution in [0.15, 0.2) is 48.7 Å². The summed E-state index contributed by atoms with van der Waals surface area (Å²) in [4.78, 5) is 21.8. The minimum Gasteiger partial charge on any atom is -0.356 e. The lowest BCUT2D eigenvalue weighted by molar-refractivity contribution is 0.0789. The van der Waals surface area contributed by atoms with E-state index in [9.17, 15) is 4.79 Å². The maximum atomic E-state index is 13.2. The predicted molar refractivity (Wildman–Crippen MR) is 113 cm³/mol. The van der Waals surface area contributed by atoms with E-state index in [1.807, 2.05) is 35.2 Å². The molecule has 2 atom stereocenters. The number of halogens is 2. The van der Waals surface area contributed by atoms with Crippen LogP contribution in [-0.2, 0) is 0 Å². The molecule has 2 aliphatic heterocycles. The Morgan fingerprint density at radius 2 is 1.70 bits per heavy atom. The Balaban J connectivity index is 0.00000131. The number of hydrogen-bond acceptors (Lipinski definition) is 4. The first-order valence-electron chi connectivity index (χ1n) is 9.04. The summed E-state index contributed by atoms with van der Waals surface area (Å²) in [6.45, 7) is 3.21. The number of nitrogens with two attached hydrogens (primary N) is 1. The SMILES string of the molecule is Cl.Cl.N[C@@H]1CN(C(=O)c2cccnc2N2CCCC2)C[C@H]1c1ccccc1. The average molecular weight is 409 g/mol. The second-order valence-corrected chi connectivity index (χ2v) is 6.96. The minimum atomic E-state index is -0.0294. The molecule has 0 spiro atoms. The minimum absolute atomic E-state index is 0. The van der Waals surface area contributed by atoms with E-state index in [1.54, 1.807) is 6.20 Å². The van der Waals surface area contributed by atoms with E-state index in [0.717, 1.165) is 31.7 Å². The quantitative estimate of drug-likeness (QED) is 0.847. The fraction of sp³-hybridized carbons (Fsp3) is 0.400. The first kappa shape index (κ1) is 21.5. The van der Waals surface area contributed by atoms with Crippen LogP contribution in [0, 0.1) is 0 Å². The number of aromatic nitrogens is 1. The topological polar surface area (TPSA) is 62.5 Å². The molecule has 1 amide bonds. The van der Waals surface area contributed by atoms with E-state index in [0.29, 0.717) is 18.7 Å². The Morgan fingerprint density at radius 3 is 2.41 bits per heavy atom. The molecule has 2 fully saturated rings. The normalized spacial score (nSPS) is 21.5. The molecule has 146 valence electrons. The summed E-state index contributed by atoms with van der Waals surface area (Å²) < 4.78 is 0. The van der Waals surface area contributed by atoms with Crippen molar-refractivity contribution in [3.05, 3.63) is 59.8 Å². The van der Waals surface area contributed by atoms with Gasteiger partial charge in [0.2, 0.25) is 0 Å². The molecule has 2 saturated heterocycles. The Kier molecular flexibility index (Phi) is 7.48. The molecule has 3 heterocycles. The highest BCUT2D eigenvalue weighted by atomic mass is 35.5. The van der Waals surface area contributed by atoms with Crippen LogP contribution < -0.4 is 10.6 Å². The van der Waals surface area contributed by atoms with E-state index in [1.165, 1.54) is 5.56 Å². The molecule has 4 rings (SSSR count). The Bertz CT molecular complexity index is 753. The van der Waals surface area contributed by atoms with E-state index >= 15 is 0 Å². The van der Waals surface area contributed by atoms with Gasteiger partial charge in [-0.15, -0.1) is 24.8 Å². The number of nitrogens with zero attached hydrogens (tertiary/aromatic N) is 3. The summed E-state index contributed by atoms with van der Waals surface area (Å²) in [6.07, 6.45) is 4.09. The second kappa shape index (κ2) is 9.40. The van der Waals surface area contributed by atoms with Gasteiger partial charge in [0, 0.05) is 44.3 Å². The van der Waals surface area contributed by atoms with Gasteiger partial charge in [-0.05, 0) is 30.5 Å². The van der Waals surface area contributed by atoms with Crippen LogP contribution in [0.25, 0.3) is 0 Å². The van der Waals surface area contributed by atoms with Gasteiger partial charge in [0.1, 0.15) is 5.82 Å². The summed E-state index contributed by atoms with van der Waals surface area (Å²) in [5.41, 5.74) is 8.26. The number of anilines is 1.